The second-order valence-corrected chi connectivity index (χ2v) is 11.2. The lowest BCUT2D eigenvalue weighted by atomic mass is 9.82. The Morgan fingerprint density at radius 3 is 2.15 bits per heavy atom. The van der Waals surface area contributed by atoms with E-state index in [1.165, 1.54) is 55.0 Å². The van der Waals surface area contributed by atoms with E-state index in [0.717, 1.165) is 45.2 Å². The van der Waals surface area contributed by atoms with Gasteiger partial charge >= 0.3 is 0 Å². The summed E-state index contributed by atoms with van der Waals surface area (Å²) in [6.45, 7) is 1.98. The van der Waals surface area contributed by atoms with Gasteiger partial charge < -0.3 is 10.6 Å². The molecule has 3 aromatic rings. The minimum atomic E-state index is 0.330. The molecule has 2 aliphatic heterocycles. The molecule has 0 saturated heterocycles. The van der Waals surface area contributed by atoms with Gasteiger partial charge in [0.1, 0.15) is 0 Å². The van der Waals surface area contributed by atoms with E-state index in [4.69, 9.17) is 0 Å². The fourth-order valence-electron chi connectivity index (χ4n) is 6.76. The van der Waals surface area contributed by atoms with Gasteiger partial charge in [-0.05, 0) is 99.4 Å². The lowest BCUT2D eigenvalue weighted by molar-refractivity contribution is 0.625. The Morgan fingerprint density at radius 1 is 0.641 bits per heavy atom. The van der Waals surface area contributed by atoms with Crippen molar-refractivity contribution in [1.82, 2.24) is 10.6 Å². The number of benzene rings is 3. The largest absolute Gasteiger partial charge is 0.391 e. The van der Waals surface area contributed by atoms with Crippen LogP contribution in [0.3, 0.4) is 0 Å². The summed E-state index contributed by atoms with van der Waals surface area (Å²) in [4.78, 5) is 0. The van der Waals surface area contributed by atoms with Crippen LogP contribution in [0.2, 0.25) is 0 Å². The maximum atomic E-state index is 3.56. The summed E-state index contributed by atoms with van der Waals surface area (Å²) in [7, 11) is 0. The molecule has 7 rings (SSSR count). The van der Waals surface area contributed by atoms with E-state index in [-0.39, 0.29) is 0 Å². The average molecular weight is 509 g/mol. The smallest absolute Gasteiger partial charge is 0.0509 e. The summed E-state index contributed by atoms with van der Waals surface area (Å²) in [5.41, 5.74) is 11.5. The summed E-state index contributed by atoms with van der Waals surface area (Å²) < 4.78 is 0. The van der Waals surface area contributed by atoms with E-state index in [9.17, 15) is 0 Å². The molecule has 2 atom stereocenters. The second-order valence-electron chi connectivity index (χ2n) is 11.2. The average Bonchev–Trinajstić information content (AvgIpc) is 3.57. The number of hydrogen-bond acceptors (Lipinski definition) is 2. The number of fused-ring (bicyclic) bond motifs is 1. The first-order valence-electron chi connectivity index (χ1n) is 14.5. The molecule has 0 bridgehead atoms. The fourth-order valence-corrected chi connectivity index (χ4v) is 6.76. The predicted molar refractivity (Wildman–Crippen MR) is 163 cm³/mol. The molecule has 3 aromatic carbocycles. The van der Waals surface area contributed by atoms with Crippen LogP contribution in [0.5, 0.6) is 0 Å². The van der Waals surface area contributed by atoms with Crippen LogP contribution in [-0.4, -0.2) is 13.1 Å². The quantitative estimate of drug-likeness (QED) is 0.389. The van der Waals surface area contributed by atoms with Gasteiger partial charge in [0, 0.05) is 19.0 Å². The lowest BCUT2D eigenvalue weighted by Crippen LogP contribution is -2.33. The highest BCUT2D eigenvalue weighted by atomic mass is 14.9. The van der Waals surface area contributed by atoms with Crippen molar-refractivity contribution in [1.29, 1.82) is 0 Å². The third-order valence-corrected chi connectivity index (χ3v) is 8.87. The molecule has 2 aliphatic carbocycles. The van der Waals surface area contributed by atoms with E-state index in [0.29, 0.717) is 12.0 Å². The third kappa shape index (κ3) is 4.86. The number of allylic oxidation sites excluding steroid dienone is 5. The fraction of sp³-hybridized carbons (Fsp3) is 0.243. The third-order valence-electron chi connectivity index (χ3n) is 8.87. The van der Waals surface area contributed by atoms with Crippen molar-refractivity contribution in [2.45, 2.75) is 44.1 Å². The van der Waals surface area contributed by atoms with Gasteiger partial charge in [0.2, 0.25) is 0 Å². The zero-order valence-electron chi connectivity index (χ0n) is 22.5. The molecular weight excluding hydrogens is 472 g/mol. The molecule has 2 heterocycles. The Bertz CT molecular complexity index is 1650. The maximum Gasteiger partial charge on any atom is 0.0509 e. The summed E-state index contributed by atoms with van der Waals surface area (Å²) in [6, 6.07) is 27.8. The van der Waals surface area contributed by atoms with Crippen LogP contribution in [0.15, 0.2) is 115 Å². The molecule has 194 valence electrons. The monoisotopic (exact) mass is 508 g/mol. The van der Waals surface area contributed by atoms with E-state index in [1.807, 2.05) is 0 Å². The summed E-state index contributed by atoms with van der Waals surface area (Å²) >= 11 is 0. The van der Waals surface area contributed by atoms with Crippen LogP contribution in [0.25, 0.3) is 16.7 Å². The first kappa shape index (κ1) is 24.2. The number of rotatable bonds is 5. The molecule has 2 heteroatoms. The van der Waals surface area contributed by atoms with E-state index < -0.39 is 0 Å². The molecule has 0 aromatic heterocycles. The zero-order valence-corrected chi connectivity index (χ0v) is 22.5. The van der Waals surface area contributed by atoms with Crippen molar-refractivity contribution in [3.05, 3.63) is 148 Å². The molecule has 2 nitrogen and oxygen atoms in total. The Hall–Kier alpha value is -3.88. The van der Waals surface area contributed by atoms with Crippen LogP contribution < -0.4 is 21.1 Å². The predicted octanol–water partition coefficient (Wildman–Crippen LogP) is 6.43. The summed E-state index contributed by atoms with van der Waals surface area (Å²) in [5.74, 6) is 0.566. The highest BCUT2D eigenvalue weighted by Crippen LogP contribution is 2.35. The molecule has 0 saturated carbocycles. The Balaban J connectivity index is 1.23. The van der Waals surface area contributed by atoms with Gasteiger partial charge in [0.25, 0.3) is 0 Å². The summed E-state index contributed by atoms with van der Waals surface area (Å²) in [6.07, 6.45) is 19.2. The Kier molecular flexibility index (Phi) is 6.64. The van der Waals surface area contributed by atoms with Crippen molar-refractivity contribution < 1.29 is 0 Å². The minimum absolute atomic E-state index is 0.330. The van der Waals surface area contributed by atoms with E-state index in [1.54, 1.807) is 0 Å². The van der Waals surface area contributed by atoms with E-state index >= 15 is 0 Å². The SMILES string of the molecule is C1=CC(c2cccc(C3=c4ccccc4=C(C4=CC=C(c5cccc(C6CC=CNC6)c5)CC4)CC3)c2)NC1. The van der Waals surface area contributed by atoms with Crippen LogP contribution in [-0.2, 0) is 0 Å². The molecule has 0 spiro atoms. The summed E-state index contributed by atoms with van der Waals surface area (Å²) in [5, 5.41) is 9.79. The van der Waals surface area contributed by atoms with Crippen molar-refractivity contribution in [3.8, 4) is 0 Å². The first-order chi connectivity index (χ1) is 19.3. The molecule has 2 N–H and O–H groups in total. The van der Waals surface area contributed by atoms with Gasteiger partial charge in [-0.1, -0.05) is 97.1 Å². The first-order valence-corrected chi connectivity index (χ1v) is 14.5. The topological polar surface area (TPSA) is 24.1 Å². The zero-order chi connectivity index (χ0) is 26.0. The van der Waals surface area contributed by atoms with Crippen molar-refractivity contribution in [2.75, 3.05) is 13.1 Å². The van der Waals surface area contributed by atoms with Gasteiger partial charge in [-0.25, -0.2) is 0 Å². The Labute approximate surface area is 231 Å². The van der Waals surface area contributed by atoms with Crippen LogP contribution >= 0.6 is 0 Å². The standard InChI is InChI=1S/C37H36N2/c1-2-13-36-34(30-9-4-10-31(24-30)37-14-6-22-39-37)20-19-33(35(36)12-1)27-17-15-26(16-18-27)28-7-3-8-29(23-28)32-11-5-21-38-25-32/h1-10,12-15,17,21,23-24,32,37-39H,11,16,18-20,22,25H2. The molecule has 0 fully saturated rings. The van der Waals surface area contributed by atoms with Crippen molar-refractivity contribution in [3.63, 3.8) is 0 Å². The highest BCUT2D eigenvalue weighted by molar-refractivity contribution is 5.78. The minimum Gasteiger partial charge on any atom is -0.391 e. The lowest BCUT2D eigenvalue weighted by Gasteiger charge is -2.23. The van der Waals surface area contributed by atoms with Gasteiger partial charge in [-0.2, -0.15) is 0 Å². The second kappa shape index (κ2) is 10.7. The van der Waals surface area contributed by atoms with Crippen LogP contribution in [0, 0.1) is 0 Å². The van der Waals surface area contributed by atoms with Crippen LogP contribution in [0.1, 0.15) is 66.3 Å². The number of hydrogen-bond donors (Lipinski definition) is 2. The van der Waals surface area contributed by atoms with Crippen LogP contribution in [0.4, 0.5) is 0 Å². The van der Waals surface area contributed by atoms with Gasteiger partial charge in [-0.15, -0.1) is 0 Å². The Morgan fingerprint density at radius 2 is 1.38 bits per heavy atom. The van der Waals surface area contributed by atoms with Crippen molar-refractivity contribution >= 4 is 16.7 Å². The van der Waals surface area contributed by atoms with E-state index in [2.05, 4.69) is 120 Å². The van der Waals surface area contributed by atoms with Gasteiger partial charge in [0.15, 0.2) is 0 Å². The molecule has 0 radical (unpaired) electrons. The van der Waals surface area contributed by atoms with Gasteiger partial charge in [0.05, 0.1) is 6.04 Å². The molecule has 2 unspecified atom stereocenters. The molecule has 4 aliphatic rings. The molecule has 0 amide bonds. The highest BCUT2D eigenvalue weighted by Gasteiger charge is 2.20. The molecular formula is C37H36N2. The molecule has 39 heavy (non-hydrogen) atoms. The van der Waals surface area contributed by atoms with Gasteiger partial charge in [-0.3, -0.25) is 0 Å². The van der Waals surface area contributed by atoms with Crippen molar-refractivity contribution in [2.24, 2.45) is 0 Å². The maximum absolute atomic E-state index is 3.56. The normalized spacial score (nSPS) is 22.3. The number of nitrogens with one attached hydrogen (secondary N) is 2.